The van der Waals surface area contributed by atoms with Crippen molar-refractivity contribution in [3.05, 3.63) is 29.3 Å². The number of carbonyl (C=O) groups is 1. The van der Waals surface area contributed by atoms with Gasteiger partial charge in [-0.2, -0.15) is 0 Å². The summed E-state index contributed by atoms with van der Waals surface area (Å²) in [7, 11) is 0. The van der Waals surface area contributed by atoms with Gasteiger partial charge in [0, 0.05) is 12.0 Å². The van der Waals surface area contributed by atoms with Crippen LogP contribution in [0.3, 0.4) is 0 Å². The molecule has 138 valence electrons. The van der Waals surface area contributed by atoms with Crippen LogP contribution >= 0.6 is 11.3 Å². The number of nitrogens with one attached hydrogen (secondary N) is 1. The van der Waals surface area contributed by atoms with E-state index in [9.17, 15) is 4.79 Å². The highest BCUT2D eigenvalue weighted by molar-refractivity contribution is 7.18. The van der Waals surface area contributed by atoms with Crippen LogP contribution in [0, 0.1) is 17.8 Å². The fourth-order valence-electron chi connectivity index (χ4n) is 6.21. The van der Waals surface area contributed by atoms with Gasteiger partial charge < -0.3 is 5.32 Å². The first-order valence-electron chi connectivity index (χ1n) is 10.3. The molecule has 26 heavy (non-hydrogen) atoms. The fourth-order valence-corrected chi connectivity index (χ4v) is 7.22. The highest BCUT2D eigenvalue weighted by Gasteiger charge is 2.51. The van der Waals surface area contributed by atoms with Gasteiger partial charge in [-0.25, -0.2) is 4.98 Å². The van der Waals surface area contributed by atoms with Crippen LogP contribution < -0.4 is 5.32 Å². The van der Waals surface area contributed by atoms with Crippen molar-refractivity contribution in [3.8, 4) is 0 Å². The summed E-state index contributed by atoms with van der Waals surface area (Å²) in [6.45, 7) is 0. The quantitative estimate of drug-likeness (QED) is 0.721. The lowest BCUT2D eigenvalue weighted by Crippen LogP contribution is -2.59. The molecule has 1 heterocycles. The molecule has 1 aromatic heterocycles. The summed E-state index contributed by atoms with van der Waals surface area (Å²) < 4.78 is 1.27. The van der Waals surface area contributed by atoms with Crippen molar-refractivity contribution < 1.29 is 4.79 Å². The van der Waals surface area contributed by atoms with Gasteiger partial charge in [0.05, 0.1) is 15.2 Å². The van der Waals surface area contributed by atoms with E-state index in [1.807, 2.05) is 6.07 Å². The number of hydrogen-bond acceptors (Lipinski definition) is 3. The molecular weight excluding hydrogens is 340 g/mol. The van der Waals surface area contributed by atoms with Crippen molar-refractivity contribution in [2.24, 2.45) is 17.8 Å². The predicted octanol–water partition coefficient (Wildman–Crippen LogP) is 5.09. The summed E-state index contributed by atoms with van der Waals surface area (Å²) in [5, 5.41) is 4.69. The molecule has 6 rings (SSSR count). The summed E-state index contributed by atoms with van der Waals surface area (Å²) in [5.41, 5.74) is 1.27. The topological polar surface area (TPSA) is 42.0 Å². The first-order chi connectivity index (χ1) is 12.7. The van der Waals surface area contributed by atoms with Gasteiger partial charge >= 0.3 is 0 Å². The highest BCUT2D eigenvalue weighted by Crippen LogP contribution is 2.55. The summed E-state index contributed by atoms with van der Waals surface area (Å²) in [6.07, 6.45) is 11.7. The largest absolute Gasteiger partial charge is 0.351 e. The molecule has 4 bridgehead atoms. The third kappa shape index (κ3) is 3.28. The van der Waals surface area contributed by atoms with E-state index in [1.54, 1.807) is 11.3 Å². The van der Waals surface area contributed by atoms with Gasteiger partial charge in [0.15, 0.2) is 0 Å². The van der Waals surface area contributed by atoms with E-state index >= 15 is 0 Å². The Balaban J connectivity index is 1.10. The van der Waals surface area contributed by atoms with Crippen LogP contribution in [0.5, 0.6) is 0 Å². The van der Waals surface area contributed by atoms with Crippen LogP contribution in [0.4, 0.5) is 0 Å². The molecule has 4 saturated carbocycles. The number of carbonyl (C=O) groups excluding carboxylic acids is 1. The number of amides is 1. The molecule has 4 aliphatic rings. The molecule has 0 radical (unpaired) electrons. The molecule has 4 heteroatoms. The van der Waals surface area contributed by atoms with E-state index in [1.165, 1.54) is 48.2 Å². The molecule has 0 aliphatic heterocycles. The number of nitrogens with zero attached hydrogens (tertiary/aromatic N) is 1. The van der Waals surface area contributed by atoms with Crippen LogP contribution in [0.15, 0.2) is 24.3 Å². The standard InChI is InChI=1S/C22H28N2OS/c25-20(24-22-12-15-9-16(13-22)11-17(10-15)14-22)7-3-4-8-21-23-18-5-1-2-6-19(18)26-21/h1-2,5-6,15-17H,3-4,7-14H2,(H,24,25). The van der Waals surface area contributed by atoms with Crippen molar-refractivity contribution in [2.45, 2.75) is 69.7 Å². The summed E-state index contributed by atoms with van der Waals surface area (Å²) in [5.74, 6) is 2.96. The van der Waals surface area contributed by atoms with E-state index < -0.39 is 0 Å². The molecule has 1 amide bonds. The zero-order valence-corrected chi connectivity index (χ0v) is 16.2. The second kappa shape index (κ2) is 6.63. The number of benzene rings is 1. The average molecular weight is 369 g/mol. The van der Waals surface area contributed by atoms with Gasteiger partial charge in [0.2, 0.25) is 5.91 Å². The molecule has 4 fully saturated rings. The minimum atomic E-state index is 0.166. The van der Waals surface area contributed by atoms with Crippen molar-refractivity contribution in [1.82, 2.24) is 10.3 Å². The predicted molar refractivity (Wildman–Crippen MR) is 106 cm³/mol. The molecule has 1 aromatic carbocycles. The Morgan fingerprint density at radius 3 is 2.46 bits per heavy atom. The Hall–Kier alpha value is -1.42. The lowest BCUT2D eigenvalue weighted by molar-refractivity contribution is -0.126. The third-order valence-electron chi connectivity index (χ3n) is 6.83. The molecule has 0 atom stereocenters. The number of aryl methyl sites for hydroxylation is 1. The lowest BCUT2D eigenvalue weighted by Gasteiger charge is -2.56. The SMILES string of the molecule is O=C(CCCCc1nc2ccccc2s1)NC12CC3CC(CC(C3)C1)C2. The van der Waals surface area contributed by atoms with Crippen LogP contribution in [-0.2, 0) is 11.2 Å². The van der Waals surface area contributed by atoms with Crippen LogP contribution in [0.1, 0.15) is 62.8 Å². The number of fused-ring (bicyclic) bond motifs is 1. The second-order valence-corrected chi connectivity index (χ2v) is 10.1. The van der Waals surface area contributed by atoms with Crippen molar-refractivity contribution in [2.75, 3.05) is 0 Å². The average Bonchev–Trinajstić information content (AvgIpc) is 3.00. The van der Waals surface area contributed by atoms with Gasteiger partial charge in [0.1, 0.15) is 0 Å². The Labute approximate surface area is 159 Å². The molecule has 0 spiro atoms. The first kappa shape index (κ1) is 16.7. The minimum absolute atomic E-state index is 0.166. The Morgan fingerprint density at radius 1 is 1.08 bits per heavy atom. The van der Waals surface area contributed by atoms with Crippen molar-refractivity contribution in [3.63, 3.8) is 0 Å². The maximum Gasteiger partial charge on any atom is 0.220 e. The maximum atomic E-state index is 12.6. The van der Waals surface area contributed by atoms with Gasteiger partial charge in [-0.05, 0) is 87.7 Å². The Kier molecular flexibility index (Phi) is 4.27. The molecule has 0 saturated heterocycles. The van der Waals surface area contributed by atoms with E-state index in [0.29, 0.717) is 6.42 Å². The number of unbranched alkanes of at least 4 members (excludes halogenated alkanes) is 1. The molecular formula is C22H28N2OS. The number of aromatic nitrogens is 1. The summed E-state index contributed by atoms with van der Waals surface area (Å²) in [4.78, 5) is 17.3. The second-order valence-electron chi connectivity index (χ2n) is 9.03. The number of para-hydroxylation sites is 1. The van der Waals surface area contributed by atoms with Crippen LogP contribution in [0.25, 0.3) is 10.2 Å². The zero-order valence-electron chi connectivity index (χ0n) is 15.4. The molecule has 2 aromatic rings. The molecule has 0 unspecified atom stereocenters. The number of thiazole rings is 1. The van der Waals surface area contributed by atoms with Crippen LogP contribution in [0.2, 0.25) is 0 Å². The van der Waals surface area contributed by atoms with Crippen LogP contribution in [-0.4, -0.2) is 16.4 Å². The van der Waals surface area contributed by atoms with E-state index in [4.69, 9.17) is 4.98 Å². The monoisotopic (exact) mass is 368 g/mol. The van der Waals surface area contributed by atoms with E-state index in [0.717, 1.165) is 42.5 Å². The summed E-state index contributed by atoms with van der Waals surface area (Å²) in [6, 6.07) is 8.32. The number of hydrogen-bond donors (Lipinski definition) is 1. The van der Waals surface area contributed by atoms with Gasteiger partial charge in [-0.1, -0.05) is 12.1 Å². The van der Waals surface area contributed by atoms with Crippen molar-refractivity contribution >= 4 is 27.5 Å². The lowest BCUT2D eigenvalue weighted by atomic mass is 9.53. The van der Waals surface area contributed by atoms with E-state index in [-0.39, 0.29) is 11.4 Å². The smallest absolute Gasteiger partial charge is 0.220 e. The number of rotatable bonds is 6. The van der Waals surface area contributed by atoms with Crippen molar-refractivity contribution in [1.29, 1.82) is 0 Å². The van der Waals surface area contributed by atoms with Gasteiger partial charge in [-0.15, -0.1) is 11.3 Å². The Morgan fingerprint density at radius 2 is 1.77 bits per heavy atom. The maximum absolute atomic E-state index is 12.6. The normalized spacial score (nSPS) is 32.2. The third-order valence-corrected chi connectivity index (χ3v) is 7.92. The zero-order chi connectivity index (χ0) is 17.6. The fraction of sp³-hybridized carbons (Fsp3) is 0.636. The molecule has 1 N–H and O–H groups in total. The highest BCUT2D eigenvalue weighted by atomic mass is 32.1. The van der Waals surface area contributed by atoms with E-state index in [2.05, 4.69) is 23.5 Å². The summed E-state index contributed by atoms with van der Waals surface area (Å²) >= 11 is 1.79. The van der Waals surface area contributed by atoms with Gasteiger partial charge in [-0.3, -0.25) is 4.79 Å². The minimum Gasteiger partial charge on any atom is -0.351 e. The van der Waals surface area contributed by atoms with Gasteiger partial charge in [0.25, 0.3) is 0 Å². The Bertz CT molecular complexity index is 743. The molecule has 4 aliphatic carbocycles. The first-order valence-corrected chi connectivity index (χ1v) is 11.1. The molecule has 3 nitrogen and oxygen atoms in total.